The first kappa shape index (κ1) is 21.5. The van der Waals surface area contributed by atoms with Gasteiger partial charge >= 0.3 is 6.03 Å². The first-order valence-electron chi connectivity index (χ1n) is 10.3. The van der Waals surface area contributed by atoms with E-state index in [1.165, 1.54) is 0 Å². The summed E-state index contributed by atoms with van der Waals surface area (Å²) in [4.78, 5) is 31.8. The van der Waals surface area contributed by atoms with Crippen molar-refractivity contribution < 1.29 is 23.8 Å². The van der Waals surface area contributed by atoms with Crippen molar-refractivity contribution in [3.63, 3.8) is 0 Å². The van der Waals surface area contributed by atoms with Crippen LogP contribution in [0, 0.1) is 0 Å². The number of hydrogen-bond acceptors (Lipinski definition) is 6. The molecule has 4 rings (SSSR count). The van der Waals surface area contributed by atoms with Crippen LogP contribution in [-0.2, 0) is 4.79 Å². The standard InChI is InChI=1S/C23H26N4O5/c1-30-17-7-4-15(5-8-17)20-21(28)26-23(25-20)10-12-27(13-11-23)22(29)24-16-6-9-18(31-2)19(14-16)32-3/h4-9,14H,10-13H2,1-3H3,(H,24,29)(H,26,28). The second-order valence-corrected chi connectivity index (χ2v) is 7.66. The zero-order valence-electron chi connectivity index (χ0n) is 18.3. The molecule has 2 aliphatic heterocycles. The molecule has 168 valence electrons. The van der Waals surface area contributed by atoms with E-state index in [1.54, 1.807) is 56.6 Å². The number of methoxy groups -OCH3 is 3. The van der Waals surface area contributed by atoms with E-state index in [0.717, 1.165) is 11.3 Å². The van der Waals surface area contributed by atoms with Crippen LogP contribution in [0.25, 0.3) is 0 Å². The summed E-state index contributed by atoms with van der Waals surface area (Å²) < 4.78 is 15.7. The Morgan fingerprint density at radius 3 is 2.31 bits per heavy atom. The van der Waals surface area contributed by atoms with E-state index in [1.807, 2.05) is 12.1 Å². The van der Waals surface area contributed by atoms with Crippen LogP contribution in [-0.4, -0.2) is 62.6 Å². The summed E-state index contributed by atoms with van der Waals surface area (Å²) in [6, 6.07) is 12.2. The molecule has 9 heteroatoms. The number of aliphatic imine (C=N–C) groups is 1. The minimum Gasteiger partial charge on any atom is -0.497 e. The summed E-state index contributed by atoms with van der Waals surface area (Å²) in [7, 11) is 4.70. The number of carbonyl (C=O) groups excluding carboxylic acids is 2. The predicted octanol–water partition coefficient (Wildman–Crippen LogP) is 2.66. The molecule has 1 saturated heterocycles. The van der Waals surface area contributed by atoms with Crippen LogP contribution in [0.1, 0.15) is 18.4 Å². The zero-order chi connectivity index (χ0) is 22.7. The number of carbonyl (C=O) groups is 2. The normalized spacial score (nSPS) is 16.9. The number of ether oxygens (including phenoxy) is 3. The topological polar surface area (TPSA) is 101 Å². The van der Waals surface area contributed by atoms with Crippen LogP contribution < -0.4 is 24.8 Å². The van der Waals surface area contributed by atoms with Crippen molar-refractivity contribution in [1.82, 2.24) is 10.2 Å². The molecule has 1 fully saturated rings. The van der Waals surface area contributed by atoms with Crippen LogP contribution in [0.2, 0.25) is 0 Å². The third-order valence-electron chi connectivity index (χ3n) is 5.76. The highest BCUT2D eigenvalue weighted by Gasteiger charge is 2.42. The second kappa shape index (κ2) is 8.78. The Labute approximate surface area is 186 Å². The van der Waals surface area contributed by atoms with Crippen molar-refractivity contribution in [3.05, 3.63) is 48.0 Å². The molecule has 3 amide bonds. The highest BCUT2D eigenvalue weighted by atomic mass is 16.5. The third-order valence-corrected chi connectivity index (χ3v) is 5.76. The van der Waals surface area contributed by atoms with Gasteiger partial charge in [-0.25, -0.2) is 4.79 Å². The molecule has 0 unspecified atom stereocenters. The molecule has 9 nitrogen and oxygen atoms in total. The summed E-state index contributed by atoms with van der Waals surface area (Å²) in [5.74, 6) is 1.65. The largest absolute Gasteiger partial charge is 0.497 e. The lowest BCUT2D eigenvalue weighted by atomic mass is 9.98. The summed E-state index contributed by atoms with van der Waals surface area (Å²) >= 11 is 0. The first-order valence-corrected chi connectivity index (χ1v) is 10.3. The SMILES string of the molecule is COc1ccc(C2=NC3(CCN(C(=O)Nc4ccc(OC)c(OC)c4)CC3)NC2=O)cc1. The summed E-state index contributed by atoms with van der Waals surface area (Å²) in [6.45, 7) is 0.942. The number of anilines is 1. The van der Waals surface area contributed by atoms with Crippen LogP contribution in [0.3, 0.4) is 0 Å². The second-order valence-electron chi connectivity index (χ2n) is 7.66. The molecule has 2 aliphatic rings. The van der Waals surface area contributed by atoms with Gasteiger partial charge in [-0.1, -0.05) is 0 Å². The Kier molecular flexibility index (Phi) is 5.89. The third kappa shape index (κ3) is 4.18. The van der Waals surface area contributed by atoms with E-state index >= 15 is 0 Å². The molecule has 0 aliphatic carbocycles. The Balaban J connectivity index is 1.40. The van der Waals surface area contributed by atoms with Crippen molar-refractivity contribution in [2.45, 2.75) is 18.5 Å². The van der Waals surface area contributed by atoms with E-state index in [9.17, 15) is 9.59 Å². The Morgan fingerprint density at radius 2 is 1.69 bits per heavy atom. The maximum atomic E-state index is 12.7. The molecule has 32 heavy (non-hydrogen) atoms. The summed E-state index contributed by atoms with van der Waals surface area (Å²) in [5.41, 5.74) is 1.10. The van der Waals surface area contributed by atoms with Gasteiger partial charge in [0, 0.05) is 43.2 Å². The molecule has 0 aromatic heterocycles. The number of urea groups is 1. The Hall–Kier alpha value is -3.75. The van der Waals surface area contributed by atoms with Crippen LogP contribution in [0.15, 0.2) is 47.5 Å². The average Bonchev–Trinajstić information content (AvgIpc) is 3.14. The molecule has 0 atom stereocenters. The highest BCUT2D eigenvalue weighted by Crippen LogP contribution is 2.31. The Bertz CT molecular complexity index is 1040. The fraction of sp³-hybridized carbons (Fsp3) is 0.348. The zero-order valence-corrected chi connectivity index (χ0v) is 18.3. The lowest BCUT2D eigenvalue weighted by molar-refractivity contribution is -0.115. The van der Waals surface area contributed by atoms with Crippen LogP contribution in [0.4, 0.5) is 10.5 Å². The van der Waals surface area contributed by atoms with Crippen molar-refractivity contribution in [2.75, 3.05) is 39.7 Å². The molecule has 2 N–H and O–H groups in total. The quantitative estimate of drug-likeness (QED) is 0.747. The first-order chi connectivity index (χ1) is 15.5. The molecule has 0 bridgehead atoms. The fourth-order valence-electron chi connectivity index (χ4n) is 3.94. The molecule has 2 aromatic carbocycles. The number of nitrogens with zero attached hydrogens (tertiary/aromatic N) is 2. The van der Waals surface area contributed by atoms with Crippen LogP contribution in [0.5, 0.6) is 17.2 Å². The van der Waals surface area contributed by atoms with Gasteiger partial charge < -0.3 is 29.7 Å². The van der Waals surface area contributed by atoms with Crippen LogP contribution >= 0.6 is 0 Å². The van der Waals surface area contributed by atoms with Gasteiger partial charge in [0.1, 0.15) is 17.1 Å². The highest BCUT2D eigenvalue weighted by molar-refractivity contribution is 6.46. The van der Waals surface area contributed by atoms with Gasteiger partial charge in [-0.15, -0.1) is 0 Å². The minimum absolute atomic E-state index is 0.196. The van der Waals surface area contributed by atoms with E-state index < -0.39 is 5.66 Å². The van der Waals surface area contributed by atoms with E-state index in [4.69, 9.17) is 19.2 Å². The van der Waals surface area contributed by atoms with Gasteiger partial charge in [-0.3, -0.25) is 9.79 Å². The number of amides is 3. The van der Waals surface area contributed by atoms with Crippen molar-refractivity contribution >= 4 is 23.3 Å². The van der Waals surface area contributed by atoms with E-state index in [2.05, 4.69) is 10.6 Å². The molecule has 0 saturated carbocycles. The average molecular weight is 438 g/mol. The number of likely N-dealkylation sites (tertiary alicyclic amines) is 1. The van der Waals surface area contributed by atoms with Crippen molar-refractivity contribution in [3.8, 4) is 17.2 Å². The Morgan fingerprint density at radius 1 is 1.00 bits per heavy atom. The fourth-order valence-corrected chi connectivity index (χ4v) is 3.94. The van der Waals surface area contributed by atoms with Crippen molar-refractivity contribution in [1.29, 1.82) is 0 Å². The molecule has 2 heterocycles. The number of benzene rings is 2. The molecular formula is C23H26N4O5. The molecule has 0 radical (unpaired) electrons. The molecule has 2 aromatic rings. The maximum Gasteiger partial charge on any atom is 0.321 e. The lowest BCUT2D eigenvalue weighted by Crippen LogP contribution is -2.53. The van der Waals surface area contributed by atoms with Gasteiger partial charge in [0.05, 0.1) is 21.3 Å². The van der Waals surface area contributed by atoms with Crippen molar-refractivity contribution in [2.24, 2.45) is 4.99 Å². The minimum atomic E-state index is -0.674. The van der Waals surface area contributed by atoms with E-state index in [-0.39, 0.29) is 11.9 Å². The van der Waals surface area contributed by atoms with Gasteiger partial charge in [-0.2, -0.15) is 0 Å². The monoisotopic (exact) mass is 438 g/mol. The van der Waals surface area contributed by atoms with Gasteiger partial charge in [-0.05, 0) is 36.4 Å². The number of nitrogens with one attached hydrogen (secondary N) is 2. The van der Waals surface area contributed by atoms with E-state index in [0.29, 0.717) is 48.8 Å². The predicted molar refractivity (Wildman–Crippen MR) is 120 cm³/mol. The lowest BCUT2D eigenvalue weighted by Gasteiger charge is -2.37. The molecule has 1 spiro atoms. The number of rotatable bonds is 5. The summed E-state index contributed by atoms with van der Waals surface area (Å²) in [5, 5.41) is 5.91. The van der Waals surface area contributed by atoms with Gasteiger partial charge in [0.25, 0.3) is 5.91 Å². The van der Waals surface area contributed by atoms with Gasteiger partial charge in [0.2, 0.25) is 0 Å². The molecular weight excluding hydrogens is 412 g/mol. The van der Waals surface area contributed by atoms with Gasteiger partial charge in [0.15, 0.2) is 11.5 Å². The smallest absolute Gasteiger partial charge is 0.321 e. The summed E-state index contributed by atoms with van der Waals surface area (Å²) in [6.07, 6.45) is 1.08. The number of hydrogen-bond donors (Lipinski definition) is 2. The maximum absolute atomic E-state index is 12.7. The number of piperidine rings is 1.